The van der Waals surface area contributed by atoms with Crippen molar-refractivity contribution >= 4 is 23.4 Å². The van der Waals surface area contributed by atoms with Crippen molar-refractivity contribution in [2.24, 2.45) is 5.92 Å². The average molecular weight is 498 g/mol. The molecule has 3 aromatic rings. The van der Waals surface area contributed by atoms with Gasteiger partial charge in [0.1, 0.15) is 11.9 Å². The van der Waals surface area contributed by atoms with Crippen molar-refractivity contribution in [3.8, 4) is 0 Å². The first-order valence-corrected chi connectivity index (χ1v) is 12.0. The molecule has 8 nitrogen and oxygen atoms in total. The molecule has 0 aliphatic carbocycles. The zero-order valence-electron chi connectivity index (χ0n) is 19.0. The van der Waals surface area contributed by atoms with Crippen molar-refractivity contribution in [3.05, 3.63) is 81.9 Å². The summed E-state index contributed by atoms with van der Waals surface area (Å²) in [4.78, 5) is 27.5. The van der Waals surface area contributed by atoms with Gasteiger partial charge in [0.05, 0.1) is 18.8 Å². The van der Waals surface area contributed by atoms with Crippen LogP contribution in [0.15, 0.2) is 48.5 Å². The minimum absolute atomic E-state index is 0.00618. The summed E-state index contributed by atoms with van der Waals surface area (Å²) in [6, 6.07) is 13.5. The molecule has 0 radical (unpaired) electrons. The Morgan fingerprint density at radius 2 is 1.80 bits per heavy atom. The monoisotopic (exact) mass is 497 g/mol. The van der Waals surface area contributed by atoms with E-state index < -0.39 is 0 Å². The van der Waals surface area contributed by atoms with Crippen molar-refractivity contribution in [2.45, 2.75) is 38.6 Å². The van der Waals surface area contributed by atoms with Crippen molar-refractivity contribution < 1.29 is 18.7 Å². The number of hydrogen-bond acceptors (Lipinski definition) is 5. The third-order valence-electron chi connectivity index (χ3n) is 6.57. The van der Waals surface area contributed by atoms with Crippen LogP contribution in [0.1, 0.15) is 46.3 Å². The molecule has 2 aliphatic rings. The van der Waals surface area contributed by atoms with Gasteiger partial charge in [-0.15, -0.1) is 5.10 Å². The van der Waals surface area contributed by atoms with Crippen LogP contribution in [-0.4, -0.2) is 44.8 Å². The Morgan fingerprint density at radius 1 is 1.09 bits per heavy atom. The van der Waals surface area contributed by atoms with E-state index in [-0.39, 0.29) is 42.0 Å². The molecule has 35 heavy (non-hydrogen) atoms. The summed E-state index contributed by atoms with van der Waals surface area (Å²) in [6.07, 6.45) is 0.894. The quantitative estimate of drug-likeness (QED) is 0.582. The number of carbonyl (C=O) groups excluding carboxylic acids is 2. The second-order valence-electron chi connectivity index (χ2n) is 8.83. The normalized spacial score (nSPS) is 18.2. The highest BCUT2D eigenvalue weighted by molar-refractivity contribution is 6.30. The van der Waals surface area contributed by atoms with Crippen LogP contribution >= 0.6 is 11.6 Å². The van der Waals surface area contributed by atoms with Gasteiger partial charge in [-0.25, -0.2) is 9.07 Å². The van der Waals surface area contributed by atoms with Gasteiger partial charge in [-0.05, 0) is 48.2 Å². The first kappa shape index (κ1) is 23.4. The molecular formula is C25H25ClFN5O3. The molecule has 3 heterocycles. The Morgan fingerprint density at radius 3 is 2.51 bits per heavy atom. The maximum atomic E-state index is 13.2. The number of fused-ring (bicyclic) bond motifs is 1. The molecule has 2 aromatic carbocycles. The van der Waals surface area contributed by atoms with Crippen LogP contribution in [0, 0.1) is 11.7 Å². The van der Waals surface area contributed by atoms with E-state index in [1.54, 1.807) is 33.8 Å². The van der Waals surface area contributed by atoms with Crippen molar-refractivity contribution in [1.82, 2.24) is 25.2 Å². The average Bonchev–Trinajstić information content (AvgIpc) is 3.31. The maximum Gasteiger partial charge on any atom is 0.276 e. The third kappa shape index (κ3) is 5.21. The number of carbonyl (C=O) groups is 2. The number of ether oxygens (including phenoxy) is 1. The summed E-state index contributed by atoms with van der Waals surface area (Å²) in [6.45, 7) is 1.99. The molecule has 0 saturated carbocycles. The summed E-state index contributed by atoms with van der Waals surface area (Å²) >= 11 is 5.90. The highest BCUT2D eigenvalue weighted by atomic mass is 35.5. The molecule has 0 spiro atoms. The van der Waals surface area contributed by atoms with Crippen LogP contribution in [0.4, 0.5) is 4.39 Å². The highest BCUT2D eigenvalue weighted by Gasteiger charge is 2.33. The Balaban J connectivity index is 1.15. The van der Waals surface area contributed by atoms with Crippen LogP contribution in [-0.2, 0) is 29.2 Å². The zero-order valence-corrected chi connectivity index (χ0v) is 19.7. The molecule has 1 unspecified atom stereocenters. The largest absolute Gasteiger partial charge is 0.365 e. The number of nitrogens with one attached hydrogen (secondary N) is 1. The van der Waals surface area contributed by atoms with E-state index in [1.165, 1.54) is 12.1 Å². The van der Waals surface area contributed by atoms with Gasteiger partial charge in [0.2, 0.25) is 5.91 Å². The number of hydrogen-bond donors (Lipinski definition) is 1. The fourth-order valence-electron chi connectivity index (χ4n) is 4.49. The maximum absolute atomic E-state index is 13.2. The number of nitrogens with zero attached hydrogens (tertiary/aromatic N) is 4. The standard InChI is InChI=1S/C25H25ClFN5O3/c26-19-5-1-16(2-6-19)13-28-24(33)18-9-11-31(12-10-18)25(34)23-21-15-35-22(14-32(21)30-29-23)17-3-7-20(27)8-4-17/h1-8,18,22H,9-15H2,(H,28,33). The Kier molecular flexibility index (Phi) is 6.79. The molecule has 0 bridgehead atoms. The number of halogens is 2. The molecule has 10 heteroatoms. The number of rotatable bonds is 5. The summed E-state index contributed by atoms with van der Waals surface area (Å²) in [5.41, 5.74) is 2.75. The predicted molar refractivity (Wildman–Crippen MR) is 126 cm³/mol. The zero-order chi connectivity index (χ0) is 24.4. The Bertz CT molecular complexity index is 1210. The van der Waals surface area contributed by atoms with E-state index in [0.29, 0.717) is 49.7 Å². The minimum Gasteiger partial charge on any atom is -0.365 e. The molecule has 1 aromatic heterocycles. The summed E-state index contributed by atoms with van der Waals surface area (Å²) in [5, 5.41) is 11.9. The lowest BCUT2D eigenvalue weighted by Crippen LogP contribution is -2.43. The van der Waals surface area contributed by atoms with Gasteiger partial charge in [-0.2, -0.15) is 0 Å². The first-order chi connectivity index (χ1) is 17.0. The minimum atomic E-state index is -0.304. The van der Waals surface area contributed by atoms with E-state index >= 15 is 0 Å². The summed E-state index contributed by atoms with van der Waals surface area (Å²) < 4.78 is 20.8. The molecular weight excluding hydrogens is 473 g/mol. The topological polar surface area (TPSA) is 89.4 Å². The van der Waals surface area contributed by atoms with Gasteiger partial charge in [-0.1, -0.05) is 41.1 Å². The van der Waals surface area contributed by atoms with E-state index in [2.05, 4.69) is 15.6 Å². The van der Waals surface area contributed by atoms with E-state index in [9.17, 15) is 14.0 Å². The lowest BCUT2D eigenvalue weighted by Gasteiger charge is -2.31. The van der Waals surface area contributed by atoms with Gasteiger partial charge in [-0.3, -0.25) is 9.59 Å². The molecule has 2 amide bonds. The molecule has 182 valence electrons. The van der Waals surface area contributed by atoms with E-state index in [4.69, 9.17) is 16.3 Å². The van der Waals surface area contributed by atoms with Crippen molar-refractivity contribution in [3.63, 3.8) is 0 Å². The highest BCUT2D eigenvalue weighted by Crippen LogP contribution is 2.28. The van der Waals surface area contributed by atoms with Gasteiger partial charge < -0.3 is 15.0 Å². The van der Waals surface area contributed by atoms with Gasteiger partial charge in [0.15, 0.2) is 5.69 Å². The molecule has 1 atom stereocenters. The molecule has 2 aliphatic heterocycles. The van der Waals surface area contributed by atoms with Crippen LogP contribution in [0.5, 0.6) is 0 Å². The second kappa shape index (κ2) is 10.1. The SMILES string of the molecule is O=C(NCc1ccc(Cl)cc1)C1CCN(C(=O)c2nnn3c2COC(c2ccc(F)cc2)C3)CC1. The second-order valence-corrected chi connectivity index (χ2v) is 9.27. The van der Waals surface area contributed by atoms with Crippen LogP contribution in [0.2, 0.25) is 5.02 Å². The number of piperidine rings is 1. The lowest BCUT2D eigenvalue weighted by atomic mass is 9.95. The predicted octanol–water partition coefficient (Wildman–Crippen LogP) is 3.51. The van der Waals surface area contributed by atoms with Crippen molar-refractivity contribution in [1.29, 1.82) is 0 Å². The summed E-state index contributed by atoms with van der Waals surface area (Å²) in [7, 11) is 0. The first-order valence-electron chi connectivity index (χ1n) is 11.6. The fourth-order valence-corrected chi connectivity index (χ4v) is 4.61. The fraction of sp³-hybridized carbons (Fsp3) is 0.360. The molecule has 1 N–H and O–H groups in total. The summed E-state index contributed by atoms with van der Waals surface area (Å²) in [5.74, 6) is -0.648. The van der Waals surface area contributed by atoms with Crippen LogP contribution in [0.25, 0.3) is 0 Å². The number of aromatic nitrogens is 3. The number of likely N-dealkylation sites (tertiary alicyclic amines) is 1. The molecule has 1 saturated heterocycles. The Labute approximate surface area is 207 Å². The number of amides is 2. The molecule has 5 rings (SSSR count). The lowest BCUT2D eigenvalue weighted by molar-refractivity contribution is -0.126. The third-order valence-corrected chi connectivity index (χ3v) is 6.83. The van der Waals surface area contributed by atoms with E-state index in [0.717, 1.165) is 11.1 Å². The Hall–Kier alpha value is -3.30. The van der Waals surface area contributed by atoms with Gasteiger partial charge >= 0.3 is 0 Å². The smallest absolute Gasteiger partial charge is 0.276 e. The van der Waals surface area contributed by atoms with Gasteiger partial charge in [0, 0.05) is 30.6 Å². The van der Waals surface area contributed by atoms with Crippen LogP contribution < -0.4 is 5.32 Å². The number of benzene rings is 2. The van der Waals surface area contributed by atoms with Gasteiger partial charge in [0.25, 0.3) is 5.91 Å². The van der Waals surface area contributed by atoms with E-state index in [1.807, 2.05) is 12.1 Å². The van der Waals surface area contributed by atoms with Crippen molar-refractivity contribution in [2.75, 3.05) is 13.1 Å². The van der Waals surface area contributed by atoms with Crippen LogP contribution in [0.3, 0.4) is 0 Å². The molecule has 1 fully saturated rings.